The molecule has 0 radical (unpaired) electrons. The summed E-state index contributed by atoms with van der Waals surface area (Å²) in [5, 5.41) is 21.4. The Bertz CT molecular complexity index is 768. The van der Waals surface area contributed by atoms with Crippen LogP contribution in [0.25, 0.3) is 0 Å². The van der Waals surface area contributed by atoms with Gasteiger partial charge in [-0.05, 0) is 31.2 Å². The molecule has 9 heteroatoms. The molecule has 0 fully saturated rings. The van der Waals surface area contributed by atoms with E-state index in [1.54, 1.807) is 19.2 Å². The lowest BCUT2D eigenvalue weighted by atomic mass is 10.1. The molecule has 0 atom stereocenters. The van der Waals surface area contributed by atoms with E-state index in [0.29, 0.717) is 6.54 Å². The molecule has 2 N–H and O–H groups in total. The maximum atomic E-state index is 10.7. The Hall–Kier alpha value is -2.17. The molecule has 8 nitrogen and oxygen atoms in total. The van der Waals surface area contributed by atoms with Crippen molar-refractivity contribution in [3.63, 3.8) is 0 Å². The van der Waals surface area contributed by atoms with Crippen LogP contribution in [0, 0.1) is 10.1 Å². The predicted octanol–water partition coefficient (Wildman–Crippen LogP) is 4.01. The molecular weight excluding hydrogens is 485 g/mol. The zero-order valence-electron chi connectivity index (χ0n) is 17.2. The normalized spacial score (nSPS) is 11.1. The van der Waals surface area contributed by atoms with E-state index in [1.165, 1.54) is 0 Å². The smallest absolute Gasteiger partial charge is 0.269 e. The van der Waals surface area contributed by atoms with Gasteiger partial charge in [0.05, 0.1) is 10.6 Å². The fourth-order valence-electron chi connectivity index (χ4n) is 2.98. The Morgan fingerprint density at radius 1 is 1.17 bits per heavy atom. The molecule has 0 saturated heterocycles. The molecule has 0 amide bonds. The monoisotopic (exact) mass is 515 g/mol. The zero-order chi connectivity index (χ0) is 20.4. The van der Waals surface area contributed by atoms with Crippen molar-refractivity contribution in [1.29, 1.82) is 0 Å². The Kier molecular flexibility index (Phi) is 11.3. The third-order valence-electron chi connectivity index (χ3n) is 4.60. The van der Waals surface area contributed by atoms with Crippen molar-refractivity contribution in [3.05, 3.63) is 57.0 Å². The average Bonchev–Trinajstić information content (AvgIpc) is 3.12. The first-order valence-electron chi connectivity index (χ1n) is 9.73. The zero-order valence-corrected chi connectivity index (χ0v) is 19.6. The van der Waals surface area contributed by atoms with E-state index in [0.717, 1.165) is 67.2 Å². The molecule has 0 aliphatic carbocycles. The lowest BCUT2D eigenvalue weighted by Gasteiger charge is -2.12. The van der Waals surface area contributed by atoms with E-state index in [1.807, 2.05) is 12.1 Å². The van der Waals surface area contributed by atoms with E-state index < -0.39 is 0 Å². The van der Waals surface area contributed by atoms with Crippen molar-refractivity contribution < 1.29 is 9.45 Å². The second kappa shape index (κ2) is 13.1. The lowest BCUT2D eigenvalue weighted by Crippen LogP contribution is -2.37. The summed E-state index contributed by atoms with van der Waals surface area (Å²) in [7, 11) is 1.75. The molecule has 0 bridgehead atoms. The third-order valence-corrected chi connectivity index (χ3v) is 4.60. The molecule has 0 spiro atoms. The summed E-state index contributed by atoms with van der Waals surface area (Å²) in [6.45, 7) is 5.57. The second-order valence-electron chi connectivity index (χ2n) is 6.47. The van der Waals surface area contributed by atoms with Gasteiger partial charge in [-0.1, -0.05) is 31.1 Å². The number of non-ortho nitro benzene ring substituents is 1. The highest BCUT2D eigenvalue weighted by atomic mass is 127. The van der Waals surface area contributed by atoms with Crippen LogP contribution in [0.4, 0.5) is 5.69 Å². The van der Waals surface area contributed by atoms with Gasteiger partial charge in [0.15, 0.2) is 5.96 Å². The van der Waals surface area contributed by atoms with E-state index >= 15 is 0 Å². The first-order valence-corrected chi connectivity index (χ1v) is 9.73. The summed E-state index contributed by atoms with van der Waals surface area (Å²) < 4.78 is 5.39. The lowest BCUT2D eigenvalue weighted by molar-refractivity contribution is -0.384. The van der Waals surface area contributed by atoms with E-state index in [9.17, 15) is 10.1 Å². The number of aryl methyl sites for hydroxylation is 3. The highest BCUT2D eigenvalue weighted by Gasteiger charge is 2.13. The molecule has 0 unspecified atom stereocenters. The van der Waals surface area contributed by atoms with Gasteiger partial charge in [0.25, 0.3) is 5.69 Å². The largest absolute Gasteiger partial charge is 0.361 e. The SMILES string of the molecule is CCc1noc(CC)c1CNC(=NC)NCCCCc1ccc([N+](=O)[O-])cc1.I. The molecule has 29 heavy (non-hydrogen) atoms. The van der Waals surface area contributed by atoms with Crippen LogP contribution in [0.5, 0.6) is 0 Å². The summed E-state index contributed by atoms with van der Waals surface area (Å²) in [6.07, 6.45) is 4.53. The Morgan fingerprint density at radius 2 is 1.90 bits per heavy atom. The number of unbranched alkanes of at least 4 members (excludes halogenated alkanes) is 1. The van der Waals surface area contributed by atoms with Crippen LogP contribution in [0.2, 0.25) is 0 Å². The first-order chi connectivity index (χ1) is 13.6. The van der Waals surface area contributed by atoms with Crippen molar-refractivity contribution in [2.45, 2.75) is 52.5 Å². The third kappa shape index (κ3) is 7.64. The number of guanidine groups is 1. The number of benzene rings is 1. The van der Waals surface area contributed by atoms with Crippen LogP contribution in [0.1, 0.15) is 49.3 Å². The van der Waals surface area contributed by atoms with Gasteiger partial charge >= 0.3 is 0 Å². The van der Waals surface area contributed by atoms with E-state index in [-0.39, 0.29) is 34.6 Å². The number of halogens is 1. The van der Waals surface area contributed by atoms with Gasteiger partial charge in [-0.15, -0.1) is 24.0 Å². The van der Waals surface area contributed by atoms with Gasteiger partial charge < -0.3 is 15.2 Å². The van der Waals surface area contributed by atoms with Gasteiger partial charge in [-0.3, -0.25) is 15.1 Å². The number of rotatable bonds is 10. The Labute approximate surface area is 188 Å². The fourth-order valence-corrected chi connectivity index (χ4v) is 2.98. The van der Waals surface area contributed by atoms with Crippen LogP contribution in [0.15, 0.2) is 33.8 Å². The highest BCUT2D eigenvalue weighted by molar-refractivity contribution is 14.0. The average molecular weight is 515 g/mol. The van der Waals surface area contributed by atoms with Crippen LogP contribution in [-0.2, 0) is 25.8 Å². The summed E-state index contributed by atoms with van der Waals surface area (Å²) in [5.74, 6) is 1.67. The topological polar surface area (TPSA) is 106 Å². The maximum absolute atomic E-state index is 10.7. The van der Waals surface area contributed by atoms with Crippen LogP contribution < -0.4 is 10.6 Å². The molecule has 1 aromatic heterocycles. The Morgan fingerprint density at radius 3 is 2.48 bits per heavy atom. The van der Waals surface area contributed by atoms with Crippen LogP contribution in [-0.4, -0.2) is 29.6 Å². The van der Waals surface area contributed by atoms with Crippen LogP contribution in [0.3, 0.4) is 0 Å². The minimum Gasteiger partial charge on any atom is -0.361 e. The minimum atomic E-state index is -0.376. The van der Waals surface area contributed by atoms with Crippen LogP contribution >= 0.6 is 24.0 Å². The van der Waals surface area contributed by atoms with Crippen molar-refractivity contribution in [2.24, 2.45) is 4.99 Å². The van der Waals surface area contributed by atoms with Crippen molar-refractivity contribution >= 4 is 35.6 Å². The van der Waals surface area contributed by atoms with Crippen molar-refractivity contribution in [1.82, 2.24) is 15.8 Å². The quantitative estimate of drug-likeness (QED) is 0.124. The van der Waals surface area contributed by atoms with E-state index in [4.69, 9.17) is 4.52 Å². The summed E-state index contributed by atoms with van der Waals surface area (Å²) in [5.41, 5.74) is 3.35. The minimum absolute atomic E-state index is 0. The number of aliphatic imine (C=N–C) groups is 1. The number of nitro benzene ring substituents is 1. The summed E-state index contributed by atoms with van der Waals surface area (Å²) in [4.78, 5) is 14.6. The summed E-state index contributed by atoms with van der Waals surface area (Å²) >= 11 is 0. The molecule has 1 aromatic carbocycles. The van der Waals surface area contributed by atoms with Gasteiger partial charge in [0.1, 0.15) is 5.76 Å². The second-order valence-corrected chi connectivity index (χ2v) is 6.47. The van der Waals surface area contributed by atoms with Gasteiger partial charge in [0, 0.05) is 44.3 Å². The van der Waals surface area contributed by atoms with Gasteiger partial charge in [0.2, 0.25) is 0 Å². The molecule has 0 aliphatic heterocycles. The van der Waals surface area contributed by atoms with Gasteiger partial charge in [-0.25, -0.2) is 0 Å². The Balaban J connectivity index is 0.00000420. The number of aromatic nitrogens is 1. The maximum Gasteiger partial charge on any atom is 0.269 e. The fraction of sp³-hybridized carbons (Fsp3) is 0.500. The predicted molar refractivity (Wildman–Crippen MR) is 125 cm³/mol. The number of hydrogen-bond donors (Lipinski definition) is 2. The first kappa shape index (κ1) is 24.9. The standard InChI is InChI=1S/C20H29N5O3.HI/c1-4-18-17(19(5-2)28-24-18)14-23-20(21-3)22-13-7-6-8-15-9-11-16(12-10-15)25(26)27;/h9-12H,4-8,13-14H2,1-3H3,(H2,21,22,23);1H. The molecular formula is C20H30IN5O3. The number of nitrogens with one attached hydrogen (secondary N) is 2. The van der Waals surface area contributed by atoms with Gasteiger partial charge in [-0.2, -0.15) is 0 Å². The molecule has 1 heterocycles. The molecule has 2 rings (SSSR count). The number of nitro groups is 1. The van der Waals surface area contributed by atoms with Crippen molar-refractivity contribution in [3.8, 4) is 0 Å². The molecule has 0 aliphatic rings. The molecule has 0 saturated carbocycles. The highest BCUT2D eigenvalue weighted by Crippen LogP contribution is 2.15. The van der Waals surface area contributed by atoms with E-state index in [2.05, 4.69) is 34.6 Å². The summed E-state index contributed by atoms with van der Waals surface area (Å²) in [6, 6.07) is 6.75. The molecule has 160 valence electrons. The molecule has 2 aromatic rings. The number of nitrogens with zero attached hydrogens (tertiary/aromatic N) is 3. The number of hydrogen-bond acceptors (Lipinski definition) is 5. The van der Waals surface area contributed by atoms with Crippen molar-refractivity contribution in [2.75, 3.05) is 13.6 Å².